The molecule has 0 aliphatic carbocycles. The van der Waals surface area contributed by atoms with Crippen molar-refractivity contribution in [1.82, 2.24) is 15.2 Å². The highest BCUT2D eigenvalue weighted by Crippen LogP contribution is 2.38. The van der Waals surface area contributed by atoms with Gasteiger partial charge in [0.05, 0.1) is 12.7 Å². The molecule has 0 aliphatic rings. The number of alkyl halides is 3. The Morgan fingerprint density at radius 1 is 1.11 bits per heavy atom. The molecule has 1 N–H and O–H groups in total. The minimum Gasteiger partial charge on any atom is -0.496 e. The smallest absolute Gasteiger partial charge is 0.419 e. The number of amides is 2. The normalized spacial score (nSPS) is 11.3. The van der Waals surface area contributed by atoms with E-state index in [-0.39, 0.29) is 17.3 Å². The van der Waals surface area contributed by atoms with Gasteiger partial charge >= 0.3 is 6.18 Å². The Kier molecular flexibility index (Phi) is 6.86. The summed E-state index contributed by atoms with van der Waals surface area (Å²) < 4.78 is 50.8. The van der Waals surface area contributed by atoms with E-state index in [1.807, 2.05) is 38.1 Å². The summed E-state index contributed by atoms with van der Waals surface area (Å²) in [5.74, 6) is -0.467. The van der Waals surface area contributed by atoms with Crippen molar-refractivity contribution in [1.29, 1.82) is 0 Å². The van der Waals surface area contributed by atoms with Gasteiger partial charge in [0, 0.05) is 22.5 Å². The van der Waals surface area contributed by atoms with E-state index in [9.17, 15) is 18.0 Å². The zero-order valence-electron chi connectivity index (χ0n) is 19.5. The zero-order valence-corrected chi connectivity index (χ0v) is 19.5. The second kappa shape index (κ2) is 10.0. The summed E-state index contributed by atoms with van der Waals surface area (Å²) in [6.07, 6.45) is -1.71. The number of hydrogen-bond acceptors (Lipinski definition) is 6. The second-order valence-electron chi connectivity index (χ2n) is 7.81. The van der Waals surface area contributed by atoms with E-state index in [0.29, 0.717) is 6.54 Å². The summed E-state index contributed by atoms with van der Waals surface area (Å²) in [5, 5.41) is 9.81. The summed E-state index contributed by atoms with van der Waals surface area (Å²) in [5.41, 5.74) is 3.53. The first-order chi connectivity index (χ1) is 17.1. The van der Waals surface area contributed by atoms with Crippen LogP contribution >= 0.6 is 0 Å². The van der Waals surface area contributed by atoms with Crippen LogP contribution in [0, 0.1) is 13.8 Å². The number of carbonyl (C=O) groups is 1. The number of methoxy groups -OCH3 is 1. The van der Waals surface area contributed by atoms with Gasteiger partial charge in [-0.05, 0) is 41.9 Å². The van der Waals surface area contributed by atoms with Gasteiger partial charge in [-0.3, -0.25) is 4.79 Å². The van der Waals surface area contributed by atoms with E-state index in [1.54, 1.807) is 0 Å². The van der Waals surface area contributed by atoms with Gasteiger partial charge in [-0.15, -0.1) is 0 Å². The molecule has 4 rings (SSSR count). The van der Waals surface area contributed by atoms with E-state index >= 15 is 0 Å². The highest BCUT2D eigenvalue weighted by molar-refractivity contribution is 6.03. The monoisotopic (exact) mass is 498 g/mol. The first-order valence-corrected chi connectivity index (χ1v) is 10.7. The molecule has 2 aromatic heterocycles. The van der Waals surface area contributed by atoms with Crippen LogP contribution in [0.2, 0.25) is 0 Å². The molecule has 0 bridgehead atoms. The molecule has 0 atom stereocenters. The van der Waals surface area contributed by atoms with Crippen LogP contribution in [0.4, 0.5) is 29.5 Å². The molecule has 2 heterocycles. The molecule has 0 spiro atoms. The van der Waals surface area contributed by atoms with Crippen molar-refractivity contribution >= 4 is 17.6 Å². The van der Waals surface area contributed by atoms with Crippen molar-refractivity contribution in [2.24, 2.45) is 0 Å². The van der Waals surface area contributed by atoms with Gasteiger partial charge in [0.25, 0.3) is 0 Å². The van der Waals surface area contributed by atoms with Gasteiger partial charge in [0.15, 0.2) is 11.3 Å². The maximum atomic E-state index is 13.2. The third kappa shape index (κ3) is 5.59. The molecule has 0 fully saturated rings. The lowest BCUT2D eigenvalue weighted by molar-refractivity contribution is -0.754. The number of rotatable bonds is 6. The van der Waals surface area contributed by atoms with E-state index in [0.717, 1.165) is 47.3 Å². The van der Waals surface area contributed by atoms with Crippen LogP contribution < -0.4 is 14.7 Å². The van der Waals surface area contributed by atoms with Crippen molar-refractivity contribution in [3.8, 4) is 16.9 Å². The number of hydrogen-bond donors (Lipinski definition) is 1. The lowest BCUT2D eigenvalue weighted by Crippen LogP contribution is -2.35. The largest absolute Gasteiger partial charge is 0.496 e. The quantitative estimate of drug-likeness (QED) is 0.359. The average molecular weight is 498 g/mol. The SMILES string of the molecule is COc1ccc(NC(=O)[N-]c2c[n+](Cc3ccc(-c4c(C)ncnc4C)cc3)no2)cc1C(F)(F)F. The van der Waals surface area contributed by atoms with Crippen molar-refractivity contribution in [3.63, 3.8) is 0 Å². The molecule has 9 nitrogen and oxygen atoms in total. The van der Waals surface area contributed by atoms with Crippen molar-refractivity contribution < 1.29 is 31.9 Å². The predicted octanol–water partition coefficient (Wildman–Crippen LogP) is 5.35. The van der Waals surface area contributed by atoms with E-state index in [4.69, 9.17) is 9.26 Å². The molecular formula is C24H21F3N6O3. The number of ether oxygens (including phenoxy) is 1. The highest BCUT2D eigenvalue weighted by atomic mass is 19.4. The number of carbonyl (C=O) groups excluding carboxylic acids is 1. The molecular weight excluding hydrogens is 477 g/mol. The molecule has 0 unspecified atom stereocenters. The number of urea groups is 1. The Balaban J connectivity index is 1.39. The Labute approximate surface area is 203 Å². The lowest BCUT2D eigenvalue weighted by Gasteiger charge is -2.17. The summed E-state index contributed by atoms with van der Waals surface area (Å²) in [4.78, 5) is 20.7. The van der Waals surface area contributed by atoms with Gasteiger partial charge < -0.3 is 19.9 Å². The highest BCUT2D eigenvalue weighted by Gasteiger charge is 2.34. The molecule has 2 amide bonds. The minimum atomic E-state index is -4.65. The fourth-order valence-electron chi connectivity index (χ4n) is 3.63. The van der Waals surface area contributed by atoms with Crippen LogP contribution in [0.5, 0.6) is 5.75 Å². The lowest BCUT2D eigenvalue weighted by atomic mass is 10.0. The fourth-order valence-corrected chi connectivity index (χ4v) is 3.63. The molecule has 0 radical (unpaired) electrons. The molecule has 0 saturated heterocycles. The Hall–Kier alpha value is -4.48. The average Bonchev–Trinajstić information content (AvgIpc) is 3.25. The van der Waals surface area contributed by atoms with Gasteiger partial charge in [-0.2, -0.15) is 13.2 Å². The first kappa shape index (κ1) is 24.6. The van der Waals surface area contributed by atoms with E-state index < -0.39 is 17.8 Å². The van der Waals surface area contributed by atoms with Crippen LogP contribution in [0.15, 0.2) is 59.5 Å². The van der Waals surface area contributed by atoms with Gasteiger partial charge in [0.1, 0.15) is 12.1 Å². The zero-order chi connectivity index (χ0) is 25.9. The van der Waals surface area contributed by atoms with Crippen LogP contribution in [0.25, 0.3) is 16.4 Å². The van der Waals surface area contributed by atoms with Crippen LogP contribution in [0.3, 0.4) is 0 Å². The summed E-state index contributed by atoms with van der Waals surface area (Å²) in [6.45, 7) is 4.19. The first-order valence-electron chi connectivity index (χ1n) is 10.7. The molecule has 0 saturated carbocycles. The number of anilines is 1. The summed E-state index contributed by atoms with van der Waals surface area (Å²) in [7, 11) is 1.13. The molecule has 0 aliphatic heterocycles. The fraction of sp³-hybridized carbons (Fsp3) is 0.208. The third-order valence-corrected chi connectivity index (χ3v) is 5.28. The maximum absolute atomic E-state index is 13.2. The predicted molar refractivity (Wildman–Crippen MR) is 123 cm³/mol. The number of halogens is 3. The molecule has 36 heavy (non-hydrogen) atoms. The topological polar surface area (TPSA) is 108 Å². The number of nitrogens with one attached hydrogen (secondary N) is 1. The van der Waals surface area contributed by atoms with Crippen molar-refractivity contribution in [2.45, 2.75) is 26.6 Å². The Morgan fingerprint density at radius 3 is 2.44 bits per heavy atom. The van der Waals surface area contributed by atoms with Crippen LogP contribution in [-0.2, 0) is 12.7 Å². The standard InChI is InChI=1S/C24H21F3N6O3/c1-14-22(15(2)29-13-28-14)17-6-4-16(5-7-17)11-33-12-21(36-32-33)31-23(34)30-18-8-9-20(35-3)19(10-18)24(25,26)27/h4-10,12-13H,11H2,1-3H3,(H-,30,31,32,34). The number of nitrogens with zero attached hydrogens (tertiary/aromatic N) is 5. The Morgan fingerprint density at radius 2 is 1.81 bits per heavy atom. The van der Waals surface area contributed by atoms with Gasteiger partial charge in [-0.25, -0.2) is 9.97 Å². The van der Waals surface area contributed by atoms with Gasteiger partial charge in [-0.1, -0.05) is 30.3 Å². The molecule has 2 aromatic carbocycles. The summed E-state index contributed by atoms with van der Waals surface area (Å²) in [6, 6.07) is 9.99. The minimum absolute atomic E-state index is 0.0985. The molecule has 12 heteroatoms. The number of aromatic nitrogens is 4. The van der Waals surface area contributed by atoms with Crippen molar-refractivity contribution in [3.05, 3.63) is 82.8 Å². The number of benzene rings is 2. The molecule has 4 aromatic rings. The number of aryl methyl sites for hydroxylation is 2. The van der Waals surface area contributed by atoms with Crippen LogP contribution in [0.1, 0.15) is 22.5 Å². The third-order valence-electron chi connectivity index (χ3n) is 5.28. The Bertz CT molecular complexity index is 1370. The maximum Gasteiger partial charge on any atom is 0.419 e. The van der Waals surface area contributed by atoms with E-state index in [1.165, 1.54) is 23.3 Å². The van der Waals surface area contributed by atoms with Crippen molar-refractivity contribution in [2.75, 3.05) is 12.4 Å². The van der Waals surface area contributed by atoms with Gasteiger partial charge in [0.2, 0.25) is 18.6 Å². The molecule has 186 valence electrons. The second-order valence-corrected chi connectivity index (χ2v) is 7.81. The van der Waals surface area contributed by atoms with E-state index in [2.05, 4.69) is 25.9 Å². The van der Waals surface area contributed by atoms with Crippen LogP contribution in [-0.4, -0.2) is 28.4 Å². The summed E-state index contributed by atoms with van der Waals surface area (Å²) >= 11 is 0.